The van der Waals surface area contributed by atoms with Crippen molar-refractivity contribution in [3.8, 4) is 11.5 Å². The summed E-state index contributed by atoms with van der Waals surface area (Å²) in [4.78, 5) is 14.5. The average molecular weight is 423 g/mol. The molecule has 1 atom stereocenters. The van der Waals surface area contributed by atoms with Gasteiger partial charge in [-0.25, -0.2) is 19.9 Å². The highest BCUT2D eigenvalue weighted by atomic mass is 32.2. The van der Waals surface area contributed by atoms with E-state index in [2.05, 4.69) is 19.9 Å². The Hall–Kier alpha value is -2.41. The standard InChI is InChI=1S/C15H11F6N5OS/c1-3-28(27)8-4-7(14(16,17)18)5-22-10(8)12-25-11-13(26(12)2)23-6-9(24-11)15(19,20)21/h4-6H,3H2,1-2H3. The Morgan fingerprint density at radius 3 is 2.29 bits per heavy atom. The first kappa shape index (κ1) is 20.3. The van der Waals surface area contributed by atoms with Gasteiger partial charge in [-0.2, -0.15) is 26.3 Å². The van der Waals surface area contributed by atoms with Crippen LogP contribution < -0.4 is 0 Å². The zero-order valence-corrected chi connectivity index (χ0v) is 15.1. The third-order valence-corrected chi connectivity index (χ3v) is 5.10. The molecule has 0 aliphatic heterocycles. The lowest BCUT2D eigenvalue weighted by Crippen LogP contribution is -2.13. The number of fused-ring (bicyclic) bond motifs is 1. The summed E-state index contributed by atoms with van der Waals surface area (Å²) in [6.07, 6.45) is -8.36. The Morgan fingerprint density at radius 2 is 1.71 bits per heavy atom. The van der Waals surface area contributed by atoms with Crippen molar-refractivity contribution >= 4 is 22.5 Å². The Balaban J connectivity index is 2.22. The number of hydrogen-bond acceptors (Lipinski definition) is 5. The molecule has 0 aliphatic carbocycles. The molecule has 0 bridgehead atoms. The summed E-state index contributed by atoms with van der Waals surface area (Å²) in [6.45, 7) is 1.51. The fourth-order valence-electron chi connectivity index (χ4n) is 2.41. The minimum atomic E-state index is -4.74. The van der Waals surface area contributed by atoms with Crippen molar-refractivity contribution in [2.24, 2.45) is 7.05 Å². The van der Waals surface area contributed by atoms with Crippen LogP contribution in [0.1, 0.15) is 18.2 Å². The van der Waals surface area contributed by atoms with Gasteiger partial charge in [-0.3, -0.25) is 0 Å². The van der Waals surface area contributed by atoms with Crippen LogP contribution in [-0.4, -0.2) is 34.8 Å². The molecule has 3 rings (SSSR count). The SMILES string of the molecule is CC[S+]([O-])c1cc(C(F)(F)F)cnc1-c1nc2nc(C(F)(F)F)cnc2n1C. The van der Waals surface area contributed by atoms with Crippen LogP contribution >= 0.6 is 0 Å². The van der Waals surface area contributed by atoms with E-state index in [0.717, 1.165) is 0 Å². The molecule has 6 nitrogen and oxygen atoms in total. The molecule has 0 fully saturated rings. The lowest BCUT2D eigenvalue weighted by Gasteiger charge is -2.14. The number of halogens is 6. The normalized spacial score (nSPS) is 13.9. The second kappa shape index (κ2) is 6.88. The van der Waals surface area contributed by atoms with E-state index in [9.17, 15) is 30.9 Å². The maximum atomic E-state index is 13.0. The van der Waals surface area contributed by atoms with Crippen LogP contribution in [0.3, 0.4) is 0 Å². The van der Waals surface area contributed by atoms with Crippen LogP contribution in [0.25, 0.3) is 22.8 Å². The van der Waals surface area contributed by atoms with Gasteiger partial charge in [0.05, 0.1) is 11.8 Å². The van der Waals surface area contributed by atoms with Gasteiger partial charge in [-0.1, -0.05) is 0 Å². The molecular weight excluding hydrogens is 412 g/mol. The van der Waals surface area contributed by atoms with Crippen molar-refractivity contribution in [1.29, 1.82) is 0 Å². The molecule has 0 aliphatic rings. The van der Waals surface area contributed by atoms with Crippen LogP contribution in [0.15, 0.2) is 23.4 Å². The summed E-state index contributed by atoms with van der Waals surface area (Å²) in [5.41, 5.74) is -2.89. The van der Waals surface area contributed by atoms with Crippen molar-refractivity contribution in [3.63, 3.8) is 0 Å². The first-order valence-electron chi connectivity index (χ1n) is 7.66. The first-order valence-corrected chi connectivity index (χ1v) is 8.98. The smallest absolute Gasteiger partial charge is 0.434 e. The summed E-state index contributed by atoms with van der Waals surface area (Å²) in [5.74, 6) is -0.0888. The van der Waals surface area contributed by atoms with Crippen molar-refractivity contribution in [3.05, 3.63) is 29.7 Å². The van der Waals surface area contributed by atoms with Crippen LogP contribution in [0.5, 0.6) is 0 Å². The molecule has 0 saturated heterocycles. The second-order valence-electron chi connectivity index (χ2n) is 5.60. The van der Waals surface area contributed by atoms with E-state index in [0.29, 0.717) is 18.5 Å². The molecule has 0 aromatic carbocycles. The largest absolute Gasteiger partial charge is 0.611 e. The van der Waals surface area contributed by atoms with Gasteiger partial charge in [0, 0.05) is 19.3 Å². The Bertz CT molecular complexity index is 1030. The van der Waals surface area contributed by atoms with Crippen LogP contribution in [0.2, 0.25) is 0 Å². The molecular formula is C15H11F6N5OS. The molecule has 0 saturated carbocycles. The van der Waals surface area contributed by atoms with Crippen LogP contribution in [0.4, 0.5) is 26.3 Å². The molecule has 28 heavy (non-hydrogen) atoms. The van der Waals surface area contributed by atoms with E-state index in [1.807, 2.05) is 0 Å². The molecule has 13 heteroatoms. The van der Waals surface area contributed by atoms with Crippen LogP contribution in [-0.2, 0) is 30.6 Å². The van der Waals surface area contributed by atoms with E-state index < -0.39 is 34.8 Å². The predicted octanol–water partition coefficient (Wildman–Crippen LogP) is 3.59. The Kier molecular flexibility index (Phi) is 5.00. The van der Waals surface area contributed by atoms with E-state index in [-0.39, 0.29) is 33.5 Å². The van der Waals surface area contributed by atoms with E-state index in [4.69, 9.17) is 0 Å². The van der Waals surface area contributed by atoms with Gasteiger partial charge in [0.15, 0.2) is 33.4 Å². The molecule has 3 heterocycles. The number of aryl methyl sites for hydroxylation is 1. The van der Waals surface area contributed by atoms with Gasteiger partial charge in [-0.15, -0.1) is 0 Å². The van der Waals surface area contributed by atoms with Crippen LogP contribution in [0, 0.1) is 0 Å². The lowest BCUT2D eigenvalue weighted by atomic mass is 10.2. The van der Waals surface area contributed by atoms with Gasteiger partial charge in [0.25, 0.3) is 0 Å². The Labute approximate surface area is 156 Å². The average Bonchev–Trinajstić information content (AvgIpc) is 2.95. The number of imidazole rings is 1. The minimum absolute atomic E-state index is 0.00859. The molecule has 1 unspecified atom stereocenters. The van der Waals surface area contributed by atoms with E-state index >= 15 is 0 Å². The topological polar surface area (TPSA) is 79.6 Å². The predicted molar refractivity (Wildman–Crippen MR) is 86.5 cm³/mol. The number of hydrogen-bond donors (Lipinski definition) is 0. The zero-order chi connectivity index (χ0) is 20.9. The summed E-state index contributed by atoms with van der Waals surface area (Å²) in [7, 11) is 1.39. The molecule has 3 aromatic rings. The van der Waals surface area contributed by atoms with E-state index in [1.165, 1.54) is 18.5 Å². The third-order valence-electron chi connectivity index (χ3n) is 3.77. The number of rotatable bonds is 3. The van der Waals surface area contributed by atoms with Crippen molar-refractivity contribution in [1.82, 2.24) is 24.5 Å². The van der Waals surface area contributed by atoms with Crippen molar-refractivity contribution < 1.29 is 30.9 Å². The van der Waals surface area contributed by atoms with Crippen molar-refractivity contribution in [2.75, 3.05) is 5.75 Å². The van der Waals surface area contributed by atoms with Gasteiger partial charge in [-0.05, 0) is 18.1 Å². The number of nitrogens with zero attached hydrogens (tertiary/aromatic N) is 5. The maximum Gasteiger partial charge on any atom is 0.434 e. The zero-order valence-electron chi connectivity index (χ0n) is 14.3. The van der Waals surface area contributed by atoms with Gasteiger partial charge in [0.1, 0.15) is 5.75 Å². The fourth-order valence-corrected chi connectivity index (χ4v) is 3.33. The Morgan fingerprint density at radius 1 is 1.04 bits per heavy atom. The fraction of sp³-hybridized carbons (Fsp3) is 0.333. The molecule has 0 radical (unpaired) electrons. The molecule has 0 N–H and O–H groups in total. The second-order valence-corrected chi connectivity index (χ2v) is 7.31. The van der Waals surface area contributed by atoms with Gasteiger partial charge >= 0.3 is 12.4 Å². The minimum Gasteiger partial charge on any atom is -0.611 e. The highest BCUT2D eigenvalue weighted by molar-refractivity contribution is 7.91. The highest BCUT2D eigenvalue weighted by Crippen LogP contribution is 2.35. The third kappa shape index (κ3) is 3.63. The van der Waals surface area contributed by atoms with Crippen molar-refractivity contribution in [2.45, 2.75) is 24.2 Å². The molecule has 0 amide bonds. The number of alkyl halides is 6. The maximum absolute atomic E-state index is 13.0. The molecule has 0 spiro atoms. The molecule has 3 aromatic heterocycles. The quantitative estimate of drug-likeness (QED) is 0.475. The monoisotopic (exact) mass is 423 g/mol. The lowest BCUT2D eigenvalue weighted by molar-refractivity contribution is -0.141. The molecule has 150 valence electrons. The summed E-state index contributed by atoms with van der Waals surface area (Å²) in [5, 5.41) is 0. The highest BCUT2D eigenvalue weighted by Gasteiger charge is 2.36. The summed E-state index contributed by atoms with van der Waals surface area (Å²) >= 11 is -1.83. The van der Waals surface area contributed by atoms with Gasteiger partial charge in [0.2, 0.25) is 0 Å². The number of aromatic nitrogens is 5. The summed E-state index contributed by atoms with van der Waals surface area (Å²) in [6, 6.07) is 0.698. The first-order chi connectivity index (χ1) is 12.9. The van der Waals surface area contributed by atoms with E-state index in [1.54, 1.807) is 0 Å². The number of pyridine rings is 1. The van der Waals surface area contributed by atoms with Gasteiger partial charge < -0.3 is 9.12 Å². The summed E-state index contributed by atoms with van der Waals surface area (Å²) < 4.78 is 90.9.